The van der Waals surface area contributed by atoms with Crippen molar-refractivity contribution < 1.29 is 23.9 Å². The molecule has 0 unspecified atom stereocenters. The lowest BCUT2D eigenvalue weighted by atomic mass is 9.54. The maximum absolute atomic E-state index is 14.1. The number of carbonyl (C=O) groups is 4. The van der Waals surface area contributed by atoms with Crippen molar-refractivity contribution in [1.29, 1.82) is 0 Å². The first-order valence-electron chi connectivity index (χ1n) is 12.2. The number of carbonyl (C=O) groups excluding carboxylic acids is 4. The number of alkyl halides is 2. The molecule has 2 N–H and O–H groups in total. The molecular formula is C29H21BrCl2N2O5. The molecule has 7 rings (SSSR count). The Kier molecular flexibility index (Phi) is 6.13. The third kappa shape index (κ3) is 3.61. The van der Waals surface area contributed by atoms with Gasteiger partial charge in [-0.15, -0.1) is 23.2 Å². The fraction of sp³-hybridized carbons (Fsp3) is 0.241. The number of nitrogens with zero attached hydrogens (tertiary/aromatic N) is 1. The van der Waals surface area contributed by atoms with Crippen LogP contribution in [0.5, 0.6) is 0 Å². The average Bonchev–Trinajstić information content (AvgIpc) is 3.20. The fourth-order valence-electron chi connectivity index (χ4n) is 6.30. The van der Waals surface area contributed by atoms with E-state index in [9.17, 15) is 19.2 Å². The van der Waals surface area contributed by atoms with Gasteiger partial charge in [0.15, 0.2) is 0 Å². The summed E-state index contributed by atoms with van der Waals surface area (Å²) in [4.78, 5) is 51.6. The monoisotopic (exact) mass is 626 g/mol. The molecule has 4 aliphatic rings. The number of likely N-dealkylation sites (tertiary alicyclic amines) is 1. The number of primary amides is 1. The second-order valence-corrected chi connectivity index (χ2v) is 12.0. The third-order valence-corrected chi connectivity index (χ3v) is 9.71. The highest BCUT2D eigenvalue weighted by molar-refractivity contribution is 9.10. The highest BCUT2D eigenvalue weighted by Gasteiger charge is 2.73. The first-order chi connectivity index (χ1) is 18.6. The van der Waals surface area contributed by atoms with Gasteiger partial charge in [0.2, 0.25) is 17.7 Å². The Morgan fingerprint density at radius 1 is 0.846 bits per heavy atom. The molecule has 1 fully saturated rings. The minimum atomic E-state index is -1.56. The second-order valence-electron chi connectivity index (χ2n) is 9.94. The standard InChI is InChI=1S/C29H21BrCl2N2O5/c30-16-11-9-15(10-12-16)14-39-27(38)21(13-22(33)35)34-25(36)23-24(26(34)37)29(32)18-6-2-1-5-17(18)28(23,31)19-7-3-4-8-20(19)29/h1-12,21,23-24H,13-14H2,(H2,33,35)/t21-,23+,24+,28?,29?/m1/s1. The van der Waals surface area contributed by atoms with Gasteiger partial charge >= 0.3 is 5.97 Å². The lowest BCUT2D eigenvalue weighted by Crippen LogP contribution is -2.57. The van der Waals surface area contributed by atoms with Crippen LogP contribution in [0.1, 0.15) is 34.2 Å². The molecule has 10 heteroatoms. The van der Waals surface area contributed by atoms with Crippen LogP contribution >= 0.6 is 39.1 Å². The SMILES string of the molecule is NC(=O)C[C@H](C(=O)OCc1ccc(Br)cc1)N1C(=O)[C@@H]2[C@@H](C1=O)C1(Cl)c3ccccc3C2(Cl)c2ccccc21. The molecule has 2 bridgehead atoms. The fourth-order valence-corrected chi connectivity index (χ4v) is 7.66. The van der Waals surface area contributed by atoms with Gasteiger partial charge in [-0.2, -0.15) is 0 Å². The van der Waals surface area contributed by atoms with Crippen LogP contribution in [-0.2, 0) is 40.3 Å². The van der Waals surface area contributed by atoms with E-state index in [0.29, 0.717) is 27.8 Å². The van der Waals surface area contributed by atoms with Crippen molar-refractivity contribution in [3.63, 3.8) is 0 Å². The zero-order valence-electron chi connectivity index (χ0n) is 20.3. The van der Waals surface area contributed by atoms with E-state index in [1.54, 1.807) is 72.8 Å². The minimum absolute atomic E-state index is 0.125. The number of halogens is 3. The average molecular weight is 628 g/mol. The van der Waals surface area contributed by atoms with Gasteiger partial charge in [-0.05, 0) is 39.9 Å². The van der Waals surface area contributed by atoms with Crippen LogP contribution < -0.4 is 5.73 Å². The number of esters is 1. The first kappa shape index (κ1) is 26.0. The Hall–Kier alpha value is -3.20. The number of benzene rings is 3. The molecule has 1 saturated heterocycles. The Bertz CT molecular complexity index is 1440. The van der Waals surface area contributed by atoms with Crippen LogP contribution in [-0.4, -0.2) is 34.6 Å². The maximum Gasteiger partial charge on any atom is 0.330 e. The van der Waals surface area contributed by atoms with Crippen LogP contribution in [0, 0.1) is 11.8 Å². The van der Waals surface area contributed by atoms with Crippen LogP contribution in [0.4, 0.5) is 0 Å². The smallest absolute Gasteiger partial charge is 0.330 e. The van der Waals surface area contributed by atoms with Gasteiger partial charge in [-0.1, -0.05) is 76.6 Å². The van der Waals surface area contributed by atoms with E-state index in [2.05, 4.69) is 15.9 Å². The molecule has 0 aromatic heterocycles. The van der Waals surface area contributed by atoms with Crippen molar-refractivity contribution in [2.75, 3.05) is 0 Å². The zero-order chi connectivity index (χ0) is 27.7. The van der Waals surface area contributed by atoms with Gasteiger partial charge in [0, 0.05) is 4.47 Å². The molecule has 3 aromatic rings. The van der Waals surface area contributed by atoms with Gasteiger partial charge in [-0.3, -0.25) is 19.3 Å². The van der Waals surface area contributed by atoms with Crippen molar-refractivity contribution in [2.24, 2.45) is 17.6 Å². The Balaban J connectivity index is 1.42. The van der Waals surface area contributed by atoms with Gasteiger partial charge in [-0.25, -0.2) is 4.79 Å². The normalized spacial score (nSPS) is 27.0. The highest BCUT2D eigenvalue weighted by Crippen LogP contribution is 2.69. The molecule has 3 amide bonds. The number of hydrogen-bond acceptors (Lipinski definition) is 5. The van der Waals surface area contributed by atoms with Gasteiger partial charge in [0.25, 0.3) is 0 Å². The first-order valence-corrected chi connectivity index (χ1v) is 13.8. The molecule has 0 spiro atoms. The molecule has 3 aliphatic carbocycles. The Morgan fingerprint density at radius 3 is 1.69 bits per heavy atom. The van der Waals surface area contributed by atoms with E-state index in [0.717, 1.165) is 9.37 Å². The Morgan fingerprint density at radius 2 is 1.28 bits per heavy atom. The van der Waals surface area contributed by atoms with E-state index < -0.39 is 57.7 Å². The van der Waals surface area contributed by atoms with Gasteiger partial charge < -0.3 is 10.5 Å². The van der Waals surface area contributed by atoms with E-state index in [4.69, 9.17) is 33.7 Å². The summed E-state index contributed by atoms with van der Waals surface area (Å²) >= 11 is 18.2. The summed E-state index contributed by atoms with van der Waals surface area (Å²) < 4.78 is 6.31. The summed E-state index contributed by atoms with van der Waals surface area (Å²) in [7, 11) is 0. The predicted octanol–water partition coefficient (Wildman–Crippen LogP) is 4.33. The lowest BCUT2D eigenvalue weighted by molar-refractivity contribution is -0.160. The molecule has 198 valence electrons. The van der Waals surface area contributed by atoms with E-state index in [1.807, 2.05) is 0 Å². The van der Waals surface area contributed by atoms with E-state index in [-0.39, 0.29) is 6.61 Å². The van der Waals surface area contributed by atoms with Crippen molar-refractivity contribution in [3.8, 4) is 0 Å². The molecule has 0 saturated carbocycles. The summed E-state index contributed by atoms with van der Waals surface area (Å²) in [6.07, 6.45) is -0.597. The van der Waals surface area contributed by atoms with E-state index in [1.165, 1.54) is 0 Å². The van der Waals surface area contributed by atoms with Crippen molar-refractivity contribution in [1.82, 2.24) is 4.90 Å². The number of hydrogen-bond donors (Lipinski definition) is 1. The molecule has 1 aliphatic heterocycles. The minimum Gasteiger partial charge on any atom is -0.459 e. The Labute approximate surface area is 242 Å². The summed E-state index contributed by atoms with van der Waals surface area (Å²) in [6.45, 7) is -0.125. The number of nitrogens with two attached hydrogens (primary N) is 1. The molecule has 1 heterocycles. The number of imide groups is 1. The molecule has 39 heavy (non-hydrogen) atoms. The lowest BCUT2D eigenvalue weighted by Gasteiger charge is -2.54. The topological polar surface area (TPSA) is 107 Å². The third-order valence-electron chi connectivity index (χ3n) is 7.89. The summed E-state index contributed by atoms with van der Waals surface area (Å²) in [5.41, 5.74) is 8.68. The molecule has 7 nitrogen and oxygen atoms in total. The molecule has 3 aromatic carbocycles. The van der Waals surface area contributed by atoms with Crippen LogP contribution in [0.25, 0.3) is 0 Å². The van der Waals surface area contributed by atoms with E-state index >= 15 is 0 Å². The number of amides is 3. The largest absolute Gasteiger partial charge is 0.459 e. The summed E-state index contributed by atoms with van der Waals surface area (Å²) in [5.74, 6) is -5.40. The molecule has 0 radical (unpaired) electrons. The summed E-state index contributed by atoms with van der Waals surface area (Å²) in [6, 6.07) is 19.9. The number of rotatable bonds is 6. The number of ether oxygens (including phenoxy) is 1. The second kappa shape index (κ2) is 9.18. The predicted molar refractivity (Wildman–Crippen MR) is 147 cm³/mol. The summed E-state index contributed by atoms with van der Waals surface area (Å²) in [5, 5.41) is 0. The van der Waals surface area contributed by atoms with Crippen molar-refractivity contribution >= 4 is 62.8 Å². The van der Waals surface area contributed by atoms with Gasteiger partial charge in [0.1, 0.15) is 22.4 Å². The van der Waals surface area contributed by atoms with Crippen LogP contribution in [0.3, 0.4) is 0 Å². The van der Waals surface area contributed by atoms with Crippen LogP contribution in [0.2, 0.25) is 0 Å². The quantitative estimate of drug-likeness (QED) is 0.249. The van der Waals surface area contributed by atoms with Crippen molar-refractivity contribution in [2.45, 2.75) is 28.8 Å². The van der Waals surface area contributed by atoms with Gasteiger partial charge in [0.05, 0.1) is 18.3 Å². The highest BCUT2D eigenvalue weighted by atomic mass is 79.9. The maximum atomic E-state index is 14.1. The zero-order valence-corrected chi connectivity index (χ0v) is 23.4. The van der Waals surface area contributed by atoms with Crippen molar-refractivity contribution in [3.05, 3.63) is 105 Å². The molecular weight excluding hydrogens is 607 g/mol. The van der Waals surface area contributed by atoms with Crippen LogP contribution in [0.15, 0.2) is 77.3 Å². The molecule has 3 atom stereocenters.